The second-order valence-corrected chi connectivity index (χ2v) is 4.41. The zero-order valence-electron chi connectivity index (χ0n) is 10.4. The largest absolute Gasteiger partial charge is 0.451 e. The fourth-order valence-electron chi connectivity index (χ4n) is 1.40. The van der Waals surface area contributed by atoms with Crippen molar-refractivity contribution in [3.05, 3.63) is 30.3 Å². The highest BCUT2D eigenvalue weighted by Gasteiger charge is 2.26. The lowest BCUT2D eigenvalue weighted by atomic mass is 10.1. The maximum absolute atomic E-state index is 12.0. The van der Waals surface area contributed by atoms with Crippen molar-refractivity contribution in [2.45, 2.75) is 20.0 Å². The zero-order chi connectivity index (χ0) is 13.5. The Morgan fingerprint density at radius 1 is 1.28 bits per heavy atom. The van der Waals surface area contributed by atoms with Crippen LogP contribution >= 0.6 is 11.6 Å². The van der Waals surface area contributed by atoms with Gasteiger partial charge in [-0.3, -0.25) is 9.59 Å². The molecule has 1 amide bonds. The van der Waals surface area contributed by atoms with Crippen molar-refractivity contribution in [1.82, 2.24) is 0 Å². The normalized spacial score (nSPS) is 12.0. The van der Waals surface area contributed by atoms with E-state index >= 15 is 0 Å². The van der Waals surface area contributed by atoms with Crippen LogP contribution in [0.4, 0.5) is 5.69 Å². The van der Waals surface area contributed by atoms with Crippen molar-refractivity contribution in [3.8, 4) is 0 Å². The van der Waals surface area contributed by atoms with Gasteiger partial charge in [0.25, 0.3) is 5.91 Å². The third-order valence-electron chi connectivity index (χ3n) is 2.27. The summed E-state index contributed by atoms with van der Waals surface area (Å²) in [6.45, 7) is 3.60. The second kappa shape index (κ2) is 7.01. The highest BCUT2D eigenvalue weighted by atomic mass is 35.5. The molecule has 1 rings (SSSR count). The summed E-state index contributed by atoms with van der Waals surface area (Å²) in [6.07, 6.45) is -0.837. The minimum absolute atomic E-state index is 0.124. The van der Waals surface area contributed by atoms with Crippen LogP contribution in [0, 0.1) is 5.92 Å². The molecule has 0 spiro atoms. The Labute approximate surface area is 111 Å². The first-order valence-electron chi connectivity index (χ1n) is 5.66. The Bertz CT molecular complexity index is 406. The van der Waals surface area contributed by atoms with Gasteiger partial charge in [-0.2, -0.15) is 0 Å². The maximum atomic E-state index is 12.0. The molecular weight excluding hydrogens is 254 g/mol. The van der Waals surface area contributed by atoms with E-state index in [1.165, 1.54) is 0 Å². The highest BCUT2D eigenvalue weighted by molar-refractivity contribution is 6.26. The number of hydrogen-bond acceptors (Lipinski definition) is 3. The third kappa shape index (κ3) is 4.37. The lowest BCUT2D eigenvalue weighted by Crippen LogP contribution is -2.36. The fourth-order valence-corrected chi connectivity index (χ4v) is 1.46. The molecule has 0 fully saturated rings. The molecule has 4 nitrogen and oxygen atoms in total. The van der Waals surface area contributed by atoms with Gasteiger partial charge in [0.05, 0.1) is 0 Å². The molecular formula is C13H16ClNO3. The minimum atomic E-state index is -0.837. The lowest BCUT2D eigenvalue weighted by Gasteiger charge is -2.20. The van der Waals surface area contributed by atoms with Crippen molar-refractivity contribution < 1.29 is 14.3 Å². The maximum Gasteiger partial charge on any atom is 0.321 e. The molecule has 0 aliphatic heterocycles. The third-order valence-corrected chi connectivity index (χ3v) is 2.49. The fraction of sp³-hybridized carbons (Fsp3) is 0.385. The Morgan fingerprint density at radius 3 is 2.39 bits per heavy atom. The average Bonchev–Trinajstić information content (AvgIpc) is 2.36. The van der Waals surface area contributed by atoms with Crippen LogP contribution in [-0.4, -0.2) is 23.9 Å². The van der Waals surface area contributed by atoms with Crippen LogP contribution in [0.25, 0.3) is 0 Å². The molecule has 0 aliphatic rings. The standard InChI is InChI=1S/C13H16ClNO3/c1-9(2)12(18-11(16)8-14)13(17)15-10-6-4-3-5-7-10/h3-7,9,12H,8H2,1-2H3,(H,15,17). The zero-order valence-corrected chi connectivity index (χ0v) is 11.1. The summed E-state index contributed by atoms with van der Waals surface area (Å²) in [5.41, 5.74) is 0.662. The van der Waals surface area contributed by atoms with Crippen LogP contribution in [0.1, 0.15) is 13.8 Å². The topological polar surface area (TPSA) is 55.4 Å². The summed E-state index contributed by atoms with van der Waals surface area (Å²) in [4.78, 5) is 23.1. The quantitative estimate of drug-likeness (QED) is 0.660. The Kier molecular flexibility index (Phi) is 5.65. The molecule has 18 heavy (non-hydrogen) atoms. The summed E-state index contributed by atoms with van der Waals surface area (Å²) in [5, 5.41) is 2.69. The van der Waals surface area contributed by atoms with E-state index in [4.69, 9.17) is 16.3 Å². The molecule has 0 aromatic heterocycles. The van der Waals surface area contributed by atoms with Crippen molar-refractivity contribution in [2.24, 2.45) is 5.92 Å². The van der Waals surface area contributed by atoms with Crippen LogP contribution in [0.15, 0.2) is 30.3 Å². The SMILES string of the molecule is CC(C)C(OC(=O)CCl)C(=O)Nc1ccccc1. The molecule has 0 radical (unpaired) electrons. The van der Waals surface area contributed by atoms with E-state index in [-0.39, 0.29) is 17.7 Å². The van der Waals surface area contributed by atoms with Crippen LogP contribution in [0.2, 0.25) is 0 Å². The van der Waals surface area contributed by atoms with Gasteiger partial charge in [0, 0.05) is 5.69 Å². The summed E-state index contributed by atoms with van der Waals surface area (Å²) in [5.74, 6) is -1.34. The first kappa shape index (κ1) is 14.5. The molecule has 98 valence electrons. The molecule has 1 atom stereocenters. The molecule has 5 heteroatoms. The van der Waals surface area contributed by atoms with Gasteiger partial charge in [0.15, 0.2) is 6.10 Å². The predicted molar refractivity (Wildman–Crippen MR) is 70.5 cm³/mol. The van der Waals surface area contributed by atoms with Gasteiger partial charge < -0.3 is 10.1 Å². The van der Waals surface area contributed by atoms with E-state index in [0.29, 0.717) is 5.69 Å². The van der Waals surface area contributed by atoms with Crippen LogP contribution in [-0.2, 0) is 14.3 Å². The number of hydrogen-bond donors (Lipinski definition) is 1. The summed E-state index contributed by atoms with van der Waals surface area (Å²) >= 11 is 5.36. The number of nitrogens with one attached hydrogen (secondary N) is 1. The number of carbonyl (C=O) groups excluding carboxylic acids is 2. The van der Waals surface area contributed by atoms with Crippen molar-refractivity contribution >= 4 is 29.2 Å². The molecule has 0 saturated heterocycles. The first-order chi connectivity index (χ1) is 8.54. The van der Waals surface area contributed by atoms with Crippen molar-refractivity contribution in [3.63, 3.8) is 0 Å². The highest BCUT2D eigenvalue weighted by Crippen LogP contribution is 2.12. The molecule has 1 N–H and O–H groups in total. The second-order valence-electron chi connectivity index (χ2n) is 4.14. The number of para-hydroxylation sites is 1. The monoisotopic (exact) mass is 269 g/mol. The number of rotatable bonds is 5. The van der Waals surface area contributed by atoms with Gasteiger partial charge in [-0.1, -0.05) is 32.0 Å². The van der Waals surface area contributed by atoms with Gasteiger partial charge in [-0.05, 0) is 18.1 Å². The van der Waals surface area contributed by atoms with E-state index in [0.717, 1.165) is 0 Å². The molecule has 0 bridgehead atoms. The molecule has 1 aromatic rings. The van der Waals surface area contributed by atoms with Gasteiger partial charge >= 0.3 is 5.97 Å². The number of benzene rings is 1. The molecule has 0 saturated carbocycles. The van der Waals surface area contributed by atoms with Crippen LogP contribution < -0.4 is 5.32 Å². The van der Waals surface area contributed by atoms with Crippen molar-refractivity contribution in [1.29, 1.82) is 0 Å². The van der Waals surface area contributed by atoms with Gasteiger partial charge in [0.2, 0.25) is 0 Å². The van der Waals surface area contributed by atoms with E-state index in [1.54, 1.807) is 26.0 Å². The number of carbonyl (C=O) groups is 2. The number of amides is 1. The summed E-state index contributed by atoms with van der Waals surface area (Å²) in [7, 11) is 0. The van der Waals surface area contributed by atoms with Gasteiger partial charge in [-0.15, -0.1) is 11.6 Å². The molecule has 0 heterocycles. The molecule has 1 aromatic carbocycles. The van der Waals surface area contributed by atoms with E-state index in [1.807, 2.05) is 18.2 Å². The van der Waals surface area contributed by atoms with Gasteiger partial charge in [0.1, 0.15) is 5.88 Å². The summed E-state index contributed by atoms with van der Waals surface area (Å²) < 4.78 is 5.01. The Morgan fingerprint density at radius 2 is 1.89 bits per heavy atom. The van der Waals surface area contributed by atoms with Crippen LogP contribution in [0.3, 0.4) is 0 Å². The van der Waals surface area contributed by atoms with Crippen molar-refractivity contribution in [2.75, 3.05) is 11.2 Å². The smallest absolute Gasteiger partial charge is 0.321 e. The van der Waals surface area contributed by atoms with E-state index < -0.39 is 12.1 Å². The Hall–Kier alpha value is -1.55. The number of halogens is 1. The van der Waals surface area contributed by atoms with Crippen LogP contribution in [0.5, 0.6) is 0 Å². The lowest BCUT2D eigenvalue weighted by molar-refractivity contribution is -0.154. The molecule has 1 unspecified atom stereocenters. The number of alkyl halides is 1. The number of esters is 1. The Balaban J connectivity index is 2.68. The average molecular weight is 270 g/mol. The van der Waals surface area contributed by atoms with E-state index in [9.17, 15) is 9.59 Å². The molecule has 0 aliphatic carbocycles. The first-order valence-corrected chi connectivity index (χ1v) is 6.19. The van der Waals surface area contributed by atoms with E-state index in [2.05, 4.69) is 5.32 Å². The van der Waals surface area contributed by atoms with Gasteiger partial charge in [-0.25, -0.2) is 0 Å². The number of anilines is 1. The summed E-state index contributed by atoms with van der Waals surface area (Å²) in [6, 6.07) is 9.00. The number of ether oxygens (including phenoxy) is 1. The predicted octanol–water partition coefficient (Wildman–Crippen LogP) is 2.43. The minimum Gasteiger partial charge on any atom is -0.451 e.